The summed E-state index contributed by atoms with van der Waals surface area (Å²) in [6.45, 7) is 1.40. The average Bonchev–Trinajstić information content (AvgIpc) is 3.26. The maximum absolute atomic E-state index is 16.1. The van der Waals surface area contributed by atoms with Crippen molar-refractivity contribution in [2.45, 2.75) is 18.9 Å². The Morgan fingerprint density at radius 3 is 2.74 bits per heavy atom. The second-order valence-electron chi connectivity index (χ2n) is 8.60. The normalized spacial score (nSPS) is 16.3. The molecule has 5 rings (SSSR count). The van der Waals surface area contributed by atoms with Crippen LogP contribution in [0.2, 0.25) is 5.02 Å². The number of benzene rings is 3. The molecule has 0 bridgehead atoms. The monoisotopic (exact) mass is 497 g/mol. The number of ether oxygens (including phenoxy) is 3. The smallest absolute Gasteiger partial charge is 0.320 e. The molecular weight excluding hydrogens is 473 g/mol. The van der Waals surface area contributed by atoms with Crippen LogP contribution in [0.4, 0.5) is 4.39 Å². The predicted molar refractivity (Wildman–Crippen MR) is 133 cm³/mol. The van der Waals surface area contributed by atoms with E-state index in [4.69, 9.17) is 25.8 Å². The Morgan fingerprint density at radius 2 is 1.97 bits per heavy atom. The van der Waals surface area contributed by atoms with Gasteiger partial charge in [0.25, 0.3) is 0 Å². The van der Waals surface area contributed by atoms with Crippen molar-refractivity contribution in [3.8, 4) is 28.8 Å². The maximum Gasteiger partial charge on any atom is 0.320 e. The van der Waals surface area contributed by atoms with Gasteiger partial charge in [-0.25, -0.2) is 4.39 Å². The van der Waals surface area contributed by atoms with Crippen LogP contribution >= 0.6 is 11.6 Å². The summed E-state index contributed by atoms with van der Waals surface area (Å²) in [5.41, 5.74) is 0.614. The molecule has 1 aromatic heterocycles. The number of hydrogen-bond acceptors (Lipinski definition) is 7. The number of aromatic hydroxyl groups is 1. The van der Waals surface area contributed by atoms with E-state index in [1.165, 1.54) is 13.2 Å². The van der Waals surface area contributed by atoms with E-state index in [2.05, 4.69) is 14.9 Å². The second kappa shape index (κ2) is 9.81. The zero-order chi connectivity index (χ0) is 24.5. The molecule has 0 unspecified atom stereocenters. The van der Waals surface area contributed by atoms with Crippen LogP contribution in [0.15, 0.2) is 42.5 Å². The van der Waals surface area contributed by atoms with Gasteiger partial charge in [-0.05, 0) is 61.0 Å². The van der Waals surface area contributed by atoms with Crippen molar-refractivity contribution in [1.29, 1.82) is 0 Å². The van der Waals surface area contributed by atoms with E-state index in [0.29, 0.717) is 17.9 Å². The number of halogens is 2. The van der Waals surface area contributed by atoms with Gasteiger partial charge in [-0.15, -0.1) is 0 Å². The molecule has 9 heteroatoms. The Kier molecular flexibility index (Phi) is 6.60. The van der Waals surface area contributed by atoms with Crippen molar-refractivity contribution < 1.29 is 23.7 Å². The molecule has 0 amide bonds. The number of likely N-dealkylation sites (N-methyl/N-ethyl adjacent to an activating group) is 1. The van der Waals surface area contributed by atoms with Crippen LogP contribution in [0, 0.1) is 5.82 Å². The molecule has 0 aliphatic carbocycles. The van der Waals surface area contributed by atoms with Crippen LogP contribution in [-0.4, -0.2) is 60.1 Å². The maximum atomic E-state index is 16.1. The van der Waals surface area contributed by atoms with Crippen molar-refractivity contribution in [3.05, 3.63) is 53.3 Å². The zero-order valence-electron chi connectivity index (χ0n) is 19.4. The lowest BCUT2D eigenvalue weighted by molar-refractivity contribution is 0.0512. The van der Waals surface area contributed by atoms with Crippen molar-refractivity contribution in [2.75, 3.05) is 34.1 Å². The second-order valence-corrected chi connectivity index (χ2v) is 9.01. The lowest BCUT2D eigenvalue weighted by Gasteiger charge is -2.19. The Hall–Kier alpha value is -3.20. The molecule has 0 saturated carbocycles. The first-order valence-electron chi connectivity index (χ1n) is 11.3. The molecule has 1 saturated heterocycles. The van der Waals surface area contributed by atoms with E-state index >= 15 is 4.39 Å². The molecular formula is C26H25ClFN3O4. The first-order valence-corrected chi connectivity index (χ1v) is 11.7. The number of methoxy groups -OCH3 is 1. The fourth-order valence-electron chi connectivity index (χ4n) is 4.53. The van der Waals surface area contributed by atoms with Gasteiger partial charge < -0.3 is 24.2 Å². The molecule has 0 radical (unpaired) electrons. The minimum atomic E-state index is -0.679. The molecule has 3 aromatic carbocycles. The van der Waals surface area contributed by atoms with Gasteiger partial charge >= 0.3 is 6.01 Å². The van der Waals surface area contributed by atoms with Crippen molar-refractivity contribution in [3.63, 3.8) is 0 Å². The van der Waals surface area contributed by atoms with Gasteiger partial charge in [0.1, 0.15) is 17.9 Å². The van der Waals surface area contributed by atoms with Gasteiger partial charge in [-0.3, -0.25) is 0 Å². The standard InChI is InChI=1S/C26H25ClFN3O4/c1-31-9-5-7-16(31)13-34-26-29-24-20(25(32)30-26)12-21(27)22(23(24)28)19-11-17(35-14-33-2)10-15-6-3-4-8-18(15)19/h3-4,6,8,10-12,16H,5,7,9,13-14H2,1-2H3,(H,29,30,32)/t16-/m0/s1. The van der Waals surface area contributed by atoms with Crippen molar-refractivity contribution in [1.82, 2.24) is 14.9 Å². The molecule has 1 aliphatic rings. The minimum Gasteiger partial charge on any atom is -0.493 e. The highest BCUT2D eigenvalue weighted by Crippen LogP contribution is 2.42. The molecule has 35 heavy (non-hydrogen) atoms. The molecule has 1 N–H and O–H groups in total. The molecule has 1 atom stereocenters. The lowest BCUT2D eigenvalue weighted by Crippen LogP contribution is -2.30. The Balaban J connectivity index is 1.62. The number of likely N-dealkylation sites (tertiary alicyclic amines) is 1. The highest BCUT2D eigenvalue weighted by Gasteiger charge is 2.24. The van der Waals surface area contributed by atoms with E-state index in [1.807, 2.05) is 37.4 Å². The summed E-state index contributed by atoms with van der Waals surface area (Å²) >= 11 is 6.57. The van der Waals surface area contributed by atoms with Crippen LogP contribution in [0.3, 0.4) is 0 Å². The zero-order valence-corrected chi connectivity index (χ0v) is 20.2. The van der Waals surface area contributed by atoms with E-state index in [9.17, 15) is 5.11 Å². The van der Waals surface area contributed by atoms with Gasteiger partial charge in [0.2, 0.25) is 5.88 Å². The Morgan fingerprint density at radius 1 is 1.14 bits per heavy atom. The lowest BCUT2D eigenvalue weighted by atomic mass is 9.96. The molecule has 0 spiro atoms. The number of rotatable bonds is 7. The number of fused-ring (bicyclic) bond motifs is 2. The van der Waals surface area contributed by atoms with Crippen LogP contribution < -0.4 is 9.47 Å². The average molecular weight is 498 g/mol. The first kappa shape index (κ1) is 23.5. The Labute approximate surface area is 207 Å². The Bertz CT molecular complexity index is 1400. The predicted octanol–water partition coefficient (Wildman–Crippen LogP) is 5.40. The van der Waals surface area contributed by atoms with Gasteiger partial charge in [-0.1, -0.05) is 35.9 Å². The summed E-state index contributed by atoms with van der Waals surface area (Å²) in [5, 5.41) is 12.4. The fraction of sp³-hybridized carbons (Fsp3) is 0.308. The number of nitrogens with zero attached hydrogens (tertiary/aromatic N) is 3. The molecule has 2 heterocycles. The molecule has 7 nitrogen and oxygen atoms in total. The summed E-state index contributed by atoms with van der Waals surface area (Å²) < 4.78 is 32.5. The van der Waals surface area contributed by atoms with E-state index < -0.39 is 5.82 Å². The van der Waals surface area contributed by atoms with Gasteiger partial charge in [0, 0.05) is 18.7 Å². The highest BCUT2D eigenvalue weighted by molar-refractivity contribution is 6.34. The molecule has 1 fully saturated rings. The van der Waals surface area contributed by atoms with Crippen LogP contribution in [0.5, 0.6) is 17.6 Å². The largest absolute Gasteiger partial charge is 0.493 e. The summed E-state index contributed by atoms with van der Waals surface area (Å²) in [7, 11) is 3.56. The fourth-order valence-corrected chi connectivity index (χ4v) is 4.83. The number of hydrogen-bond donors (Lipinski definition) is 1. The third kappa shape index (κ3) is 4.57. The molecule has 1 aliphatic heterocycles. The summed E-state index contributed by atoms with van der Waals surface area (Å²) in [6.07, 6.45) is 2.09. The molecule has 4 aromatic rings. The molecule has 182 valence electrons. The summed E-state index contributed by atoms with van der Waals surface area (Å²) in [6, 6.07) is 12.7. The van der Waals surface area contributed by atoms with Crippen LogP contribution in [0.1, 0.15) is 12.8 Å². The summed E-state index contributed by atoms with van der Waals surface area (Å²) in [5.74, 6) is -0.562. The first-order chi connectivity index (χ1) is 17.0. The van der Waals surface area contributed by atoms with E-state index in [1.54, 1.807) is 6.07 Å². The van der Waals surface area contributed by atoms with Gasteiger partial charge in [-0.2, -0.15) is 9.97 Å². The minimum absolute atomic E-state index is 0.0453. The highest BCUT2D eigenvalue weighted by atomic mass is 35.5. The van der Waals surface area contributed by atoms with E-state index in [0.717, 1.165) is 30.2 Å². The third-order valence-corrected chi connectivity index (χ3v) is 6.66. The quantitative estimate of drug-likeness (QED) is 0.342. The van der Waals surface area contributed by atoms with Crippen molar-refractivity contribution in [2.24, 2.45) is 0 Å². The van der Waals surface area contributed by atoms with Gasteiger partial charge in [0.15, 0.2) is 12.6 Å². The topological polar surface area (TPSA) is 76.9 Å². The SMILES string of the molecule is COCOc1cc(-c2c(Cl)cc3c(O)nc(OC[C@@H]4CCCN4C)nc3c2F)c2ccccc2c1. The van der Waals surface area contributed by atoms with Gasteiger partial charge in [0.05, 0.1) is 10.4 Å². The summed E-state index contributed by atoms with van der Waals surface area (Å²) in [4.78, 5) is 10.5. The van der Waals surface area contributed by atoms with Crippen molar-refractivity contribution >= 4 is 33.3 Å². The van der Waals surface area contributed by atoms with Crippen LogP contribution in [-0.2, 0) is 4.74 Å². The third-order valence-electron chi connectivity index (χ3n) is 6.37. The number of aromatic nitrogens is 2. The van der Waals surface area contributed by atoms with E-state index in [-0.39, 0.29) is 46.2 Å². The van der Waals surface area contributed by atoms with Crippen LogP contribution in [0.25, 0.3) is 32.8 Å².